The molecule has 1 aliphatic rings. The number of ether oxygens (including phenoxy) is 1. The Morgan fingerprint density at radius 3 is 2.89 bits per heavy atom. The summed E-state index contributed by atoms with van der Waals surface area (Å²) in [5.41, 5.74) is 0. The van der Waals surface area contributed by atoms with Crippen LogP contribution in [0.1, 0.15) is 6.42 Å². The third-order valence-electron chi connectivity index (χ3n) is 1.25. The monoisotopic (exact) mass is 127 g/mol. The maximum absolute atomic E-state index is 5.28. The van der Waals surface area contributed by atoms with Crippen LogP contribution in [-0.2, 0) is 4.74 Å². The van der Waals surface area contributed by atoms with Crippen molar-refractivity contribution in [2.75, 3.05) is 27.2 Å². The van der Waals surface area contributed by atoms with Crippen LogP contribution in [0, 0.1) is 0 Å². The predicted molar refractivity (Wildman–Crippen MR) is 37.2 cm³/mol. The van der Waals surface area contributed by atoms with Gasteiger partial charge in [-0.15, -0.1) is 0 Å². The molecule has 2 heteroatoms. The first-order valence-electron chi connectivity index (χ1n) is 3.25. The SMILES string of the molecule is CN(C)CC1=CCCO1. The molecule has 0 spiro atoms. The van der Waals surface area contributed by atoms with Crippen LogP contribution in [0.25, 0.3) is 0 Å². The fourth-order valence-corrected chi connectivity index (χ4v) is 0.891. The standard InChI is InChI=1S/C7H13NO/c1-8(2)6-7-4-3-5-9-7/h4H,3,5-6H2,1-2H3. The van der Waals surface area contributed by atoms with E-state index in [1.165, 1.54) is 0 Å². The molecule has 0 unspecified atom stereocenters. The normalized spacial score (nSPS) is 17.9. The van der Waals surface area contributed by atoms with Gasteiger partial charge in [-0.25, -0.2) is 0 Å². The smallest absolute Gasteiger partial charge is 0.106 e. The van der Waals surface area contributed by atoms with Gasteiger partial charge in [0.25, 0.3) is 0 Å². The van der Waals surface area contributed by atoms with E-state index in [4.69, 9.17) is 4.74 Å². The zero-order chi connectivity index (χ0) is 6.69. The molecule has 1 rings (SSSR count). The molecule has 0 aliphatic carbocycles. The second-order valence-corrected chi connectivity index (χ2v) is 2.55. The van der Waals surface area contributed by atoms with Crippen LogP contribution < -0.4 is 0 Å². The average molecular weight is 127 g/mol. The van der Waals surface area contributed by atoms with Gasteiger partial charge in [-0.3, -0.25) is 0 Å². The highest BCUT2D eigenvalue weighted by atomic mass is 16.5. The molecule has 0 fully saturated rings. The van der Waals surface area contributed by atoms with Crippen LogP contribution >= 0.6 is 0 Å². The Bertz CT molecular complexity index is 118. The van der Waals surface area contributed by atoms with E-state index in [0.29, 0.717) is 0 Å². The minimum Gasteiger partial charge on any atom is -0.497 e. The molecule has 0 amide bonds. The van der Waals surface area contributed by atoms with Crippen molar-refractivity contribution in [3.05, 3.63) is 11.8 Å². The first-order chi connectivity index (χ1) is 4.29. The van der Waals surface area contributed by atoms with Gasteiger partial charge in [-0.05, 0) is 20.2 Å². The minimum absolute atomic E-state index is 0.878. The van der Waals surface area contributed by atoms with Gasteiger partial charge in [0, 0.05) is 6.42 Å². The molecular weight excluding hydrogens is 114 g/mol. The highest BCUT2D eigenvalue weighted by Gasteiger charge is 2.04. The van der Waals surface area contributed by atoms with Crippen LogP contribution in [0.4, 0.5) is 0 Å². The fraction of sp³-hybridized carbons (Fsp3) is 0.714. The predicted octanol–water partition coefficient (Wildman–Crippen LogP) is 0.852. The Morgan fingerprint density at radius 2 is 2.44 bits per heavy atom. The van der Waals surface area contributed by atoms with Crippen molar-refractivity contribution in [3.8, 4) is 0 Å². The summed E-state index contributed by atoms with van der Waals surface area (Å²) in [4.78, 5) is 2.11. The third kappa shape index (κ3) is 2.06. The van der Waals surface area contributed by atoms with Gasteiger partial charge in [0.15, 0.2) is 0 Å². The zero-order valence-electron chi connectivity index (χ0n) is 6.05. The van der Waals surface area contributed by atoms with Crippen molar-refractivity contribution in [3.63, 3.8) is 0 Å². The molecule has 0 N–H and O–H groups in total. The Balaban J connectivity index is 2.26. The third-order valence-corrected chi connectivity index (χ3v) is 1.25. The van der Waals surface area contributed by atoms with Gasteiger partial charge < -0.3 is 9.64 Å². The van der Waals surface area contributed by atoms with E-state index in [1.54, 1.807) is 0 Å². The lowest BCUT2D eigenvalue weighted by molar-refractivity contribution is 0.216. The van der Waals surface area contributed by atoms with Crippen molar-refractivity contribution >= 4 is 0 Å². The Hall–Kier alpha value is -0.500. The molecule has 0 radical (unpaired) electrons. The molecule has 0 saturated heterocycles. The summed E-state index contributed by atoms with van der Waals surface area (Å²) in [5, 5.41) is 0. The van der Waals surface area contributed by atoms with Crippen LogP contribution in [0.15, 0.2) is 11.8 Å². The Kier molecular flexibility index (Phi) is 2.11. The number of nitrogens with zero attached hydrogens (tertiary/aromatic N) is 1. The lowest BCUT2D eigenvalue weighted by atomic mass is 10.4. The minimum atomic E-state index is 0.878. The van der Waals surface area contributed by atoms with Crippen molar-refractivity contribution < 1.29 is 4.74 Å². The Morgan fingerprint density at radius 1 is 1.67 bits per heavy atom. The van der Waals surface area contributed by atoms with Gasteiger partial charge in [0.05, 0.1) is 13.2 Å². The summed E-state index contributed by atoms with van der Waals surface area (Å²) in [7, 11) is 4.09. The van der Waals surface area contributed by atoms with Gasteiger partial charge >= 0.3 is 0 Å². The zero-order valence-corrected chi connectivity index (χ0v) is 6.05. The first-order valence-corrected chi connectivity index (χ1v) is 3.25. The van der Waals surface area contributed by atoms with E-state index in [0.717, 1.165) is 25.3 Å². The van der Waals surface area contributed by atoms with Crippen molar-refractivity contribution in [1.29, 1.82) is 0 Å². The molecule has 2 nitrogen and oxygen atoms in total. The van der Waals surface area contributed by atoms with E-state index in [1.807, 2.05) is 14.1 Å². The lowest BCUT2D eigenvalue weighted by Gasteiger charge is -2.09. The van der Waals surface area contributed by atoms with Gasteiger partial charge in [0.1, 0.15) is 5.76 Å². The summed E-state index contributed by atoms with van der Waals surface area (Å²) in [6.07, 6.45) is 3.24. The van der Waals surface area contributed by atoms with E-state index in [-0.39, 0.29) is 0 Å². The number of hydrogen-bond acceptors (Lipinski definition) is 2. The fourth-order valence-electron chi connectivity index (χ4n) is 0.891. The van der Waals surface area contributed by atoms with Crippen LogP contribution in [-0.4, -0.2) is 32.1 Å². The molecular formula is C7H13NO. The second-order valence-electron chi connectivity index (χ2n) is 2.55. The maximum Gasteiger partial charge on any atom is 0.106 e. The molecule has 0 aromatic carbocycles. The molecule has 52 valence electrons. The number of likely N-dealkylation sites (N-methyl/N-ethyl adjacent to an activating group) is 1. The van der Waals surface area contributed by atoms with Gasteiger partial charge in [-0.1, -0.05) is 0 Å². The summed E-state index contributed by atoms with van der Waals surface area (Å²) < 4.78 is 5.28. The van der Waals surface area contributed by atoms with Crippen molar-refractivity contribution in [2.24, 2.45) is 0 Å². The van der Waals surface area contributed by atoms with Gasteiger partial charge in [-0.2, -0.15) is 0 Å². The maximum atomic E-state index is 5.28. The molecule has 1 heterocycles. The molecule has 1 aliphatic heterocycles. The van der Waals surface area contributed by atoms with Gasteiger partial charge in [0.2, 0.25) is 0 Å². The summed E-state index contributed by atoms with van der Waals surface area (Å²) in [6.45, 7) is 1.82. The number of rotatable bonds is 2. The molecule has 0 atom stereocenters. The highest BCUT2D eigenvalue weighted by molar-refractivity contribution is 4.99. The van der Waals surface area contributed by atoms with E-state index in [9.17, 15) is 0 Å². The summed E-state index contributed by atoms with van der Waals surface area (Å²) in [5.74, 6) is 1.13. The van der Waals surface area contributed by atoms with Crippen LogP contribution in [0.2, 0.25) is 0 Å². The van der Waals surface area contributed by atoms with Crippen molar-refractivity contribution in [1.82, 2.24) is 4.90 Å². The first kappa shape index (κ1) is 6.62. The summed E-state index contributed by atoms with van der Waals surface area (Å²) in [6, 6.07) is 0. The van der Waals surface area contributed by atoms with Crippen LogP contribution in [0.5, 0.6) is 0 Å². The molecule has 0 saturated carbocycles. The topological polar surface area (TPSA) is 12.5 Å². The quantitative estimate of drug-likeness (QED) is 0.545. The van der Waals surface area contributed by atoms with E-state index < -0.39 is 0 Å². The van der Waals surface area contributed by atoms with Crippen LogP contribution in [0.3, 0.4) is 0 Å². The summed E-state index contributed by atoms with van der Waals surface area (Å²) >= 11 is 0. The van der Waals surface area contributed by atoms with E-state index in [2.05, 4.69) is 11.0 Å². The largest absolute Gasteiger partial charge is 0.497 e. The number of hydrogen-bond donors (Lipinski definition) is 0. The molecule has 0 aromatic rings. The molecule has 0 aromatic heterocycles. The van der Waals surface area contributed by atoms with Crippen molar-refractivity contribution in [2.45, 2.75) is 6.42 Å². The average Bonchev–Trinajstić information content (AvgIpc) is 2.15. The molecule has 9 heavy (non-hydrogen) atoms. The highest BCUT2D eigenvalue weighted by Crippen LogP contribution is 2.08. The van der Waals surface area contributed by atoms with E-state index >= 15 is 0 Å². The molecule has 0 bridgehead atoms. The Labute approximate surface area is 56.1 Å². The second kappa shape index (κ2) is 2.87. The lowest BCUT2D eigenvalue weighted by Crippen LogP contribution is -2.15.